The molecule has 0 bridgehead atoms. The number of hydrogen-bond donors (Lipinski definition) is 2. The molecule has 176 valence electrons. The SMILES string of the molecule is COC(=O)c1cccc(CC#N)c1S(=O)(=O)NC(=O)Nc1nc(OC)cc(OC(C)(F)F)n1. The molecule has 15 heteroatoms. The zero-order valence-corrected chi connectivity index (χ0v) is 18.2. The number of carbonyl (C=O) groups excluding carboxylic acids is 2. The summed E-state index contributed by atoms with van der Waals surface area (Å²) in [5, 5.41) is 10.9. The average molecular weight is 485 g/mol. The lowest BCUT2D eigenvalue weighted by atomic mass is 10.1. The van der Waals surface area contributed by atoms with Gasteiger partial charge in [0.2, 0.25) is 17.7 Å². The van der Waals surface area contributed by atoms with Gasteiger partial charge >= 0.3 is 18.1 Å². The molecule has 0 spiro atoms. The average Bonchev–Trinajstić information content (AvgIpc) is 2.71. The second-order valence-corrected chi connectivity index (χ2v) is 7.78. The number of hydrogen-bond acceptors (Lipinski definition) is 10. The molecule has 0 radical (unpaired) electrons. The van der Waals surface area contributed by atoms with Gasteiger partial charge in [0.1, 0.15) is 4.90 Å². The van der Waals surface area contributed by atoms with Gasteiger partial charge in [0.05, 0.1) is 38.3 Å². The number of nitrogens with one attached hydrogen (secondary N) is 2. The molecule has 2 N–H and O–H groups in total. The number of ether oxygens (including phenoxy) is 3. The van der Waals surface area contributed by atoms with Crippen LogP contribution >= 0.6 is 0 Å². The molecule has 1 heterocycles. The molecule has 0 saturated heterocycles. The van der Waals surface area contributed by atoms with Crippen molar-refractivity contribution in [1.82, 2.24) is 14.7 Å². The molecular weight excluding hydrogens is 468 g/mol. The molecule has 2 amide bonds. The van der Waals surface area contributed by atoms with Crippen molar-refractivity contribution in [3.63, 3.8) is 0 Å². The van der Waals surface area contributed by atoms with E-state index in [1.165, 1.54) is 12.1 Å². The van der Waals surface area contributed by atoms with E-state index in [1.807, 2.05) is 5.32 Å². The van der Waals surface area contributed by atoms with Gasteiger partial charge in [-0.25, -0.2) is 22.7 Å². The third kappa shape index (κ3) is 6.71. The van der Waals surface area contributed by atoms with Crippen LogP contribution in [0.5, 0.6) is 11.8 Å². The lowest BCUT2D eigenvalue weighted by molar-refractivity contribution is -0.161. The number of benzene rings is 1. The summed E-state index contributed by atoms with van der Waals surface area (Å²) in [6.07, 6.45) is -4.01. The molecule has 0 unspecified atom stereocenters. The Balaban J connectivity index is 2.37. The van der Waals surface area contributed by atoms with Crippen LogP contribution in [-0.4, -0.2) is 50.7 Å². The van der Waals surface area contributed by atoms with Crippen LogP contribution in [-0.2, 0) is 21.2 Å². The van der Waals surface area contributed by atoms with E-state index in [4.69, 9.17) is 10.00 Å². The van der Waals surface area contributed by atoms with E-state index in [1.54, 1.807) is 10.8 Å². The third-order valence-electron chi connectivity index (χ3n) is 3.66. The topological polar surface area (TPSA) is 170 Å². The number of esters is 1. The Labute approximate surface area is 186 Å². The number of anilines is 1. The van der Waals surface area contributed by atoms with Gasteiger partial charge in [0, 0.05) is 6.92 Å². The molecule has 0 aliphatic rings. The van der Waals surface area contributed by atoms with E-state index < -0.39 is 56.8 Å². The fourth-order valence-electron chi connectivity index (χ4n) is 2.50. The lowest BCUT2D eigenvalue weighted by Crippen LogP contribution is -2.36. The second-order valence-electron chi connectivity index (χ2n) is 6.16. The molecule has 33 heavy (non-hydrogen) atoms. The van der Waals surface area contributed by atoms with Gasteiger partial charge in [-0.1, -0.05) is 12.1 Å². The molecule has 0 saturated carbocycles. The quantitative estimate of drug-likeness (QED) is 0.526. The summed E-state index contributed by atoms with van der Waals surface area (Å²) < 4.78 is 67.3. The number of nitrogens with zero attached hydrogens (tertiary/aromatic N) is 3. The van der Waals surface area contributed by atoms with Crippen LogP contribution in [0.4, 0.5) is 19.5 Å². The molecule has 2 rings (SSSR count). The van der Waals surface area contributed by atoms with E-state index in [0.717, 1.165) is 26.4 Å². The number of methoxy groups -OCH3 is 2. The highest BCUT2D eigenvalue weighted by Gasteiger charge is 2.29. The molecule has 0 atom stereocenters. The molecule has 0 aliphatic carbocycles. The van der Waals surface area contributed by atoms with Crippen LogP contribution in [0, 0.1) is 11.3 Å². The first kappa shape index (κ1) is 25.2. The maximum absolute atomic E-state index is 13.1. The highest BCUT2D eigenvalue weighted by molar-refractivity contribution is 7.90. The van der Waals surface area contributed by atoms with Crippen molar-refractivity contribution < 1.29 is 41.0 Å². The van der Waals surface area contributed by atoms with Gasteiger partial charge in [-0.15, -0.1) is 0 Å². The number of carbonyl (C=O) groups is 2. The van der Waals surface area contributed by atoms with Crippen molar-refractivity contribution in [2.75, 3.05) is 19.5 Å². The normalized spacial score (nSPS) is 11.2. The van der Waals surface area contributed by atoms with Gasteiger partial charge in [-0.2, -0.15) is 24.0 Å². The van der Waals surface area contributed by atoms with Crippen LogP contribution in [0.15, 0.2) is 29.2 Å². The molecule has 12 nitrogen and oxygen atoms in total. The fourth-order valence-corrected chi connectivity index (χ4v) is 3.82. The minimum Gasteiger partial charge on any atom is -0.481 e. The highest BCUT2D eigenvalue weighted by Crippen LogP contribution is 2.25. The molecular formula is C18H17F2N5O7S. The Morgan fingerprint density at radius 1 is 1.21 bits per heavy atom. The van der Waals surface area contributed by atoms with Gasteiger partial charge < -0.3 is 14.2 Å². The van der Waals surface area contributed by atoms with Crippen molar-refractivity contribution in [2.45, 2.75) is 24.3 Å². The van der Waals surface area contributed by atoms with Gasteiger partial charge in [-0.3, -0.25) is 5.32 Å². The summed E-state index contributed by atoms with van der Waals surface area (Å²) in [4.78, 5) is 30.9. The molecule has 0 aliphatic heterocycles. The number of sulfonamides is 1. The lowest BCUT2D eigenvalue weighted by Gasteiger charge is -2.15. The van der Waals surface area contributed by atoms with E-state index >= 15 is 0 Å². The zero-order valence-electron chi connectivity index (χ0n) is 17.4. The van der Waals surface area contributed by atoms with Crippen LogP contribution in [0.25, 0.3) is 0 Å². The zero-order chi connectivity index (χ0) is 24.8. The smallest absolute Gasteiger partial charge is 0.396 e. The summed E-state index contributed by atoms with van der Waals surface area (Å²) in [6.45, 7) is 0.450. The molecule has 1 aromatic heterocycles. The standard InChI is InChI=1S/C18H17F2N5O7S/c1-18(19,20)32-13-9-12(30-2)22-16(23-13)24-17(27)25-33(28,29)14-10(7-8-21)5-4-6-11(14)15(26)31-3/h4-6,9H,7H2,1-3H3,(H2,22,23,24,25,27). The van der Waals surface area contributed by atoms with Crippen LogP contribution < -0.4 is 19.5 Å². The largest absolute Gasteiger partial charge is 0.481 e. The monoisotopic (exact) mass is 485 g/mol. The summed E-state index contributed by atoms with van der Waals surface area (Å²) in [6, 6.07) is 5.03. The van der Waals surface area contributed by atoms with E-state index in [-0.39, 0.29) is 11.4 Å². The highest BCUT2D eigenvalue weighted by atomic mass is 32.2. The summed E-state index contributed by atoms with van der Waals surface area (Å²) in [5.41, 5.74) is -0.483. The summed E-state index contributed by atoms with van der Waals surface area (Å²) >= 11 is 0. The van der Waals surface area contributed by atoms with Gasteiger partial charge in [0.25, 0.3) is 10.0 Å². The molecule has 2 aromatic rings. The first-order chi connectivity index (χ1) is 15.4. The Hall–Kier alpha value is -4.06. The second kappa shape index (κ2) is 10.0. The van der Waals surface area contributed by atoms with E-state index in [0.29, 0.717) is 6.92 Å². The van der Waals surface area contributed by atoms with Crippen LogP contribution in [0.1, 0.15) is 22.8 Å². The first-order valence-corrected chi connectivity index (χ1v) is 10.3. The number of halogens is 2. The first-order valence-electron chi connectivity index (χ1n) is 8.81. The number of urea groups is 1. The van der Waals surface area contributed by atoms with Crippen molar-refractivity contribution in [2.24, 2.45) is 0 Å². The van der Waals surface area contributed by atoms with Gasteiger partial charge in [0.15, 0.2) is 0 Å². The Morgan fingerprint density at radius 2 is 1.88 bits per heavy atom. The summed E-state index contributed by atoms with van der Waals surface area (Å²) in [7, 11) is -2.54. The number of nitriles is 1. The van der Waals surface area contributed by atoms with Gasteiger partial charge in [-0.05, 0) is 11.6 Å². The van der Waals surface area contributed by atoms with Crippen molar-refractivity contribution in [1.29, 1.82) is 5.26 Å². The van der Waals surface area contributed by atoms with Crippen molar-refractivity contribution >= 4 is 28.0 Å². The van der Waals surface area contributed by atoms with E-state index in [9.17, 15) is 26.8 Å². The van der Waals surface area contributed by atoms with Crippen LogP contribution in [0.2, 0.25) is 0 Å². The predicted molar refractivity (Wildman–Crippen MR) is 106 cm³/mol. The number of alkyl halides is 2. The van der Waals surface area contributed by atoms with Crippen molar-refractivity contribution in [3.05, 3.63) is 35.4 Å². The summed E-state index contributed by atoms with van der Waals surface area (Å²) in [5.74, 6) is -2.58. The fraction of sp³-hybridized carbons (Fsp3) is 0.278. The van der Waals surface area contributed by atoms with E-state index in [2.05, 4.69) is 19.4 Å². The molecule has 0 fully saturated rings. The Kier molecular flexibility index (Phi) is 7.67. The Morgan fingerprint density at radius 3 is 2.45 bits per heavy atom. The maximum atomic E-state index is 13.1. The maximum Gasteiger partial charge on any atom is 0.396 e. The number of rotatable bonds is 8. The van der Waals surface area contributed by atoms with Crippen LogP contribution in [0.3, 0.4) is 0 Å². The van der Waals surface area contributed by atoms with Crippen molar-refractivity contribution in [3.8, 4) is 17.8 Å². The number of amides is 2. The Bertz CT molecular complexity index is 1210. The molecule has 1 aromatic carbocycles. The minimum absolute atomic E-state index is 0.0702. The third-order valence-corrected chi connectivity index (χ3v) is 5.14. The predicted octanol–water partition coefficient (Wildman–Crippen LogP) is 1.84. The minimum atomic E-state index is -4.72. The number of aromatic nitrogens is 2.